The molecule has 0 bridgehead atoms. The molecule has 7 nitrogen and oxygen atoms in total. The maximum Gasteiger partial charge on any atom is 0.277 e. The zero-order valence-corrected chi connectivity index (χ0v) is 13.5. The maximum atomic E-state index is 11.1. The molecule has 0 spiro atoms. The lowest BCUT2D eigenvalue weighted by Crippen LogP contribution is -2.08. The fourth-order valence-corrected chi connectivity index (χ4v) is 3.01. The maximum absolute atomic E-state index is 11.1. The van der Waals surface area contributed by atoms with Crippen molar-refractivity contribution >= 4 is 38.7 Å². The van der Waals surface area contributed by atoms with E-state index in [4.69, 9.17) is 0 Å². The highest BCUT2D eigenvalue weighted by molar-refractivity contribution is 7.13. The van der Waals surface area contributed by atoms with Gasteiger partial charge in [-0.2, -0.15) is 0 Å². The van der Waals surface area contributed by atoms with Gasteiger partial charge >= 0.3 is 0 Å². The van der Waals surface area contributed by atoms with Crippen molar-refractivity contribution in [2.75, 3.05) is 24.3 Å². The number of hydrogen-bond donors (Lipinski definition) is 1. The van der Waals surface area contributed by atoms with Gasteiger partial charge in [0.15, 0.2) is 5.13 Å². The van der Waals surface area contributed by atoms with Gasteiger partial charge in [-0.15, -0.1) is 11.3 Å². The van der Waals surface area contributed by atoms with Crippen molar-refractivity contribution in [3.8, 4) is 0 Å². The molecule has 0 atom stereocenters. The number of thiazole rings is 1. The van der Waals surface area contributed by atoms with Crippen LogP contribution in [0.2, 0.25) is 0 Å². The highest BCUT2D eigenvalue weighted by atomic mass is 32.1. The molecule has 0 fully saturated rings. The van der Waals surface area contributed by atoms with Crippen LogP contribution in [0.25, 0.3) is 10.8 Å². The summed E-state index contributed by atoms with van der Waals surface area (Å²) in [5.41, 5.74) is 0.986. The number of fused-ring (bicyclic) bond motifs is 1. The second-order valence-electron chi connectivity index (χ2n) is 5.16. The van der Waals surface area contributed by atoms with E-state index >= 15 is 0 Å². The first-order valence-corrected chi connectivity index (χ1v) is 7.82. The van der Waals surface area contributed by atoms with Crippen LogP contribution in [-0.4, -0.2) is 29.0 Å². The molecular formula is C15H15N5O2S. The van der Waals surface area contributed by atoms with E-state index in [9.17, 15) is 10.1 Å². The summed E-state index contributed by atoms with van der Waals surface area (Å²) in [7, 11) is 3.89. The van der Waals surface area contributed by atoms with Gasteiger partial charge in [-0.25, -0.2) is 9.97 Å². The normalized spacial score (nSPS) is 10.7. The van der Waals surface area contributed by atoms with Crippen molar-refractivity contribution in [3.63, 3.8) is 0 Å². The summed E-state index contributed by atoms with van der Waals surface area (Å²) in [6, 6.07) is 6.64. The number of benzene rings is 1. The molecule has 1 N–H and O–H groups in total. The van der Waals surface area contributed by atoms with E-state index in [0.29, 0.717) is 17.7 Å². The van der Waals surface area contributed by atoms with E-state index in [0.717, 1.165) is 16.2 Å². The van der Waals surface area contributed by atoms with Crippen LogP contribution in [0.3, 0.4) is 0 Å². The van der Waals surface area contributed by atoms with Gasteiger partial charge in [-0.1, -0.05) is 12.1 Å². The fraction of sp³-hybridized carbons (Fsp3) is 0.200. The molecule has 0 aliphatic rings. The highest BCUT2D eigenvalue weighted by Crippen LogP contribution is 2.29. The summed E-state index contributed by atoms with van der Waals surface area (Å²) in [5.74, 6) is 0.616. The number of nitro benzene ring substituents is 1. The number of hydrogen-bond acceptors (Lipinski definition) is 7. The van der Waals surface area contributed by atoms with Crippen molar-refractivity contribution in [2.24, 2.45) is 0 Å². The summed E-state index contributed by atoms with van der Waals surface area (Å²) in [6.45, 7) is 0.513. The number of non-ortho nitro benzene ring substituents is 1. The predicted octanol–water partition coefficient (Wildman–Crippen LogP) is 3.28. The molecule has 0 unspecified atom stereocenters. The van der Waals surface area contributed by atoms with Gasteiger partial charge in [-0.3, -0.25) is 10.1 Å². The highest BCUT2D eigenvalue weighted by Gasteiger charge is 2.13. The zero-order valence-electron chi connectivity index (χ0n) is 12.7. The first-order chi connectivity index (χ1) is 11.1. The number of nitrogens with zero attached hydrogens (tertiary/aromatic N) is 4. The number of aromatic nitrogens is 2. The Morgan fingerprint density at radius 3 is 2.83 bits per heavy atom. The van der Waals surface area contributed by atoms with Gasteiger partial charge in [0.2, 0.25) is 0 Å². The summed E-state index contributed by atoms with van der Waals surface area (Å²) in [4.78, 5) is 21.5. The minimum absolute atomic E-state index is 0.0801. The van der Waals surface area contributed by atoms with E-state index in [1.54, 1.807) is 29.7 Å². The first kappa shape index (κ1) is 15.2. The van der Waals surface area contributed by atoms with Crippen LogP contribution >= 0.6 is 11.3 Å². The van der Waals surface area contributed by atoms with Gasteiger partial charge in [0.25, 0.3) is 5.69 Å². The third-order valence-electron chi connectivity index (χ3n) is 3.34. The molecule has 2 heterocycles. The van der Waals surface area contributed by atoms with E-state index in [1.807, 2.05) is 30.4 Å². The molecule has 23 heavy (non-hydrogen) atoms. The minimum Gasteiger partial charge on any atom is -0.364 e. The monoisotopic (exact) mass is 329 g/mol. The topological polar surface area (TPSA) is 84.2 Å². The Morgan fingerprint density at radius 2 is 2.13 bits per heavy atom. The molecule has 0 saturated heterocycles. The molecule has 118 valence electrons. The SMILES string of the molecule is CN(C)c1nc(CNc2nccc3c([N+](=O)[O-])cccc23)cs1. The lowest BCUT2D eigenvalue weighted by Gasteiger charge is -2.08. The molecule has 0 aliphatic heterocycles. The van der Waals surface area contributed by atoms with Crippen molar-refractivity contribution in [1.29, 1.82) is 0 Å². The molecule has 0 saturated carbocycles. The van der Waals surface area contributed by atoms with Crippen LogP contribution in [0.5, 0.6) is 0 Å². The average Bonchev–Trinajstić information content (AvgIpc) is 3.01. The van der Waals surface area contributed by atoms with Crippen molar-refractivity contribution in [2.45, 2.75) is 6.54 Å². The second kappa shape index (κ2) is 6.17. The molecule has 2 aromatic heterocycles. The number of nitro groups is 1. The van der Waals surface area contributed by atoms with Gasteiger partial charge in [0, 0.05) is 37.1 Å². The molecule has 3 rings (SSSR count). The van der Waals surface area contributed by atoms with Crippen molar-refractivity contribution < 1.29 is 4.92 Å². The summed E-state index contributed by atoms with van der Waals surface area (Å²) < 4.78 is 0. The Labute approximate surface area is 136 Å². The van der Waals surface area contributed by atoms with Crippen LogP contribution in [-0.2, 0) is 6.54 Å². The van der Waals surface area contributed by atoms with Crippen LogP contribution < -0.4 is 10.2 Å². The Bertz CT molecular complexity index is 862. The Hall–Kier alpha value is -2.74. The zero-order chi connectivity index (χ0) is 16.4. The third-order valence-corrected chi connectivity index (χ3v) is 4.40. The van der Waals surface area contributed by atoms with Crippen molar-refractivity contribution in [3.05, 3.63) is 51.7 Å². The number of pyridine rings is 1. The largest absolute Gasteiger partial charge is 0.364 e. The summed E-state index contributed by atoms with van der Waals surface area (Å²) in [6.07, 6.45) is 1.57. The van der Waals surface area contributed by atoms with Gasteiger partial charge in [0.05, 0.1) is 22.5 Å². The Kier molecular flexibility index (Phi) is 4.07. The smallest absolute Gasteiger partial charge is 0.277 e. The molecule has 8 heteroatoms. The van der Waals surface area contributed by atoms with Crippen LogP contribution in [0.15, 0.2) is 35.8 Å². The lowest BCUT2D eigenvalue weighted by molar-refractivity contribution is -0.383. The van der Waals surface area contributed by atoms with E-state index < -0.39 is 0 Å². The first-order valence-electron chi connectivity index (χ1n) is 6.94. The fourth-order valence-electron chi connectivity index (χ4n) is 2.25. The van der Waals surface area contributed by atoms with Crippen LogP contribution in [0.4, 0.5) is 16.6 Å². The predicted molar refractivity (Wildman–Crippen MR) is 92.2 cm³/mol. The molecule has 0 aliphatic carbocycles. The standard InChI is InChI=1S/C15H15N5O2S/c1-19(2)15-18-10(9-23-15)8-17-14-12-4-3-5-13(20(21)22)11(12)6-7-16-14/h3-7,9H,8H2,1-2H3,(H,16,17). The average molecular weight is 329 g/mol. The summed E-state index contributed by atoms with van der Waals surface area (Å²) in [5, 5.41) is 18.6. The Balaban J connectivity index is 1.88. The molecule has 1 aromatic carbocycles. The van der Waals surface area contributed by atoms with Crippen molar-refractivity contribution in [1.82, 2.24) is 9.97 Å². The quantitative estimate of drug-likeness (QED) is 0.571. The van der Waals surface area contributed by atoms with E-state index in [1.165, 1.54) is 6.07 Å². The van der Waals surface area contributed by atoms with Gasteiger partial charge in [0.1, 0.15) is 5.82 Å². The van der Waals surface area contributed by atoms with Gasteiger partial charge < -0.3 is 10.2 Å². The van der Waals surface area contributed by atoms with E-state index in [2.05, 4.69) is 15.3 Å². The number of nitrogens with one attached hydrogen (secondary N) is 1. The molecule has 0 radical (unpaired) electrons. The third kappa shape index (κ3) is 3.07. The second-order valence-corrected chi connectivity index (χ2v) is 5.99. The molecule has 3 aromatic rings. The van der Waals surface area contributed by atoms with E-state index in [-0.39, 0.29) is 10.6 Å². The number of anilines is 2. The number of rotatable bonds is 5. The Morgan fingerprint density at radius 1 is 1.30 bits per heavy atom. The van der Waals surface area contributed by atoms with Crippen LogP contribution in [0.1, 0.15) is 5.69 Å². The molecular weight excluding hydrogens is 314 g/mol. The minimum atomic E-state index is -0.379. The summed E-state index contributed by atoms with van der Waals surface area (Å²) >= 11 is 1.57. The van der Waals surface area contributed by atoms with Crippen LogP contribution in [0, 0.1) is 10.1 Å². The molecule has 0 amide bonds. The van der Waals surface area contributed by atoms with Gasteiger partial charge in [-0.05, 0) is 6.07 Å². The lowest BCUT2D eigenvalue weighted by atomic mass is 10.1.